The molecule has 0 heterocycles. The monoisotopic (exact) mass is 199 g/mol. The zero-order chi connectivity index (χ0) is 9.84. The van der Waals surface area contributed by atoms with Crippen molar-refractivity contribution < 1.29 is 9.53 Å². The Labute approximate surface area is 81.7 Å². The van der Waals surface area contributed by atoms with Crippen molar-refractivity contribution in [2.45, 2.75) is 6.92 Å². The van der Waals surface area contributed by atoms with Gasteiger partial charge < -0.3 is 10.1 Å². The third kappa shape index (κ3) is 2.63. The van der Waals surface area contributed by atoms with E-state index >= 15 is 0 Å². The molecule has 1 aromatic carbocycles. The maximum Gasteiger partial charge on any atom is 0.221 e. The highest BCUT2D eigenvalue weighted by Gasteiger charge is 2.04. The summed E-state index contributed by atoms with van der Waals surface area (Å²) in [4.78, 5) is 10.8. The first-order chi connectivity index (χ1) is 6.13. The van der Waals surface area contributed by atoms with E-state index in [0.29, 0.717) is 16.5 Å². The van der Waals surface area contributed by atoms with Crippen LogP contribution in [0.3, 0.4) is 0 Å². The Morgan fingerprint density at radius 2 is 2.23 bits per heavy atom. The van der Waals surface area contributed by atoms with Crippen molar-refractivity contribution in [3.05, 3.63) is 23.2 Å². The summed E-state index contributed by atoms with van der Waals surface area (Å²) >= 11 is 5.75. The molecule has 1 rings (SSSR count). The number of halogens is 1. The number of rotatable bonds is 2. The van der Waals surface area contributed by atoms with Gasteiger partial charge in [-0.05, 0) is 18.2 Å². The Hall–Kier alpha value is -1.22. The van der Waals surface area contributed by atoms with Gasteiger partial charge in [0.05, 0.1) is 12.8 Å². The average Bonchev–Trinajstić information content (AvgIpc) is 2.03. The van der Waals surface area contributed by atoms with Crippen molar-refractivity contribution in [2.75, 3.05) is 12.4 Å². The molecule has 0 saturated heterocycles. The number of hydrogen-bond donors (Lipinski definition) is 1. The molecule has 0 fully saturated rings. The third-order valence-electron chi connectivity index (χ3n) is 1.47. The van der Waals surface area contributed by atoms with E-state index in [4.69, 9.17) is 16.3 Å². The lowest BCUT2D eigenvalue weighted by molar-refractivity contribution is -0.114. The topological polar surface area (TPSA) is 38.3 Å². The van der Waals surface area contributed by atoms with E-state index in [1.165, 1.54) is 14.0 Å². The number of nitrogens with one attached hydrogen (secondary N) is 1. The van der Waals surface area contributed by atoms with Crippen molar-refractivity contribution in [3.8, 4) is 5.75 Å². The summed E-state index contributed by atoms with van der Waals surface area (Å²) in [5.74, 6) is 0.445. The van der Waals surface area contributed by atoms with Crippen LogP contribution in [0.2, 0.25) is 5.02 Å². The number of benzene rings is 1. The van der Waals surface area contributed by atoms with Crippen LogP contribution >= 0.6 is 11.6 Å². The van der Waals surface area contributed by atoms with Crippen molar-refractivity contribution in [3.63, 3.8) is 0 Å². The molecule has 0 spiro atoms. The van der Waals surface area contributed by atoms with Gasteiger partial charge in [-0.25, -0.2) is 0 Å². The van der Waals surface area contributed by atoms with Gasteiger partial charge in [0.15, 0.2) is 0 Å². The first kappa shape index (κ1) is 9.86. The molecule has 0 bridgehead atoms. The summed E-state index contributed by atoms with van der Waals surface area (Å²) in [5.41, 5.74) is 0.586. The molecule has 70 valence electrons. The van der Waals surface area contributed by atoms with E-state index in [2.05, 4.69) is 5.32 Å². The van der Waals surface area contributed by atoms with Crippen LogP contribution in [0.4, 0.5) is 5.69 Å². The zero-order valence-electron chi connectivity index (χ0n) is 7.43. The van der Waals surface area contributed by atoms with E-state index in [-0.39, 0.29) is 5.91 Å². The molecule has 13 heavy (non-hydrogen) atoms. The van der Waals surface area contributed by atoms with E-state index in [1.54, 1.807) is 18.2 Å². The van der Waals surface area contributed by atoms with Gasteiger partial charge in [-0.1, -0.05) is 11.6 Å². The van der Waals surface area contributed by atoms with E-state index in [0.717, 1.165) is 0 Å². The third-order valence-corrected chi connectivity index (χ3v) is 1.71. The van der Waals surface area contributed by atoms with Crippen LogP contribution in [0.1, 0.15) is 6.92 Å². The molecule has 0 radical (unpaired) electrons. The molecular weight excluding hydrogens is 190 g/mol. The minimum Gasteiger partial charge on any atom is -0.495 e. The molecule has 0 aliphatic rings. The fraction of sp³-hybridized carbons (Fsp3) is 0.222. The molecule has 1 aromatic rings. The molecule has 0 aromatic heterocycles. The smallest absolute Gasteiger partial charge is 0.221 e. The lowest BCUT2D eigenvalue weighted by Gasteiger charge is -2.08. The van der Waals surface area contributed by atoms with Crippen molar-refractivity contribution >= 4 is 23.2 Å². The standard InChI is InChI=1S/C9H10ClNO2/c1-6(12)11-8-5-7(10)3-4-9(8)13-2/h3-5H,1-2H3,(H,11,12). The Bertz CT molecular complexity index is 325. The second-order valence-electron chi connectivity index (χ2n) is 2.53. The maximum atomic E-state index is 10.8. The lowest BCUT2D eigenvalue weighted by atomic mass is 10.3. The molecule has 0 saturated carbocycles. The Morgan fingerprint density at radius 3 is 2.77 bits per heavy atom. The van der Waals surface area contributed by atoms with Crippen LogP contribution in [-0.2, 0) is 4.79 Å². The molecule has 1 amide bonds. The number of carbonyl (C=O) groups excluding carboxylic acids is 1. The van der Waals surface area contributed by atoms with Gasteiger partial charge in [-0.2, -0.15) is 0 Å². The second-order valence-corrected chi connectivity index (χ2v) is 2.96. The zero-order valence-corrected chi connectivity index (χ0v) is 8.18. The Balaban J connectivity index is 3.01. The number of anilines is 1. The average molecular weight is 200 g/mol. The van der Waals surface area contributed by atoms with Crippen LogP contribution < -0.4 is 10.1 Å². The van der Waals surface area contributed by atoms with Crippen LogP contribution in [0.5, 0.6) is 5.75 Å². The minimum absolute atomic E-state index is 0.152. The molecular formula is C9H10ClNO2. The molecule has 0 unspecified atom stereocenters. The molecule has 0 aliphatic carbocycles. The number of carbonyl (C=O) groups is 1. The molecule has 0 atom stereocenters. The molecule has 0 aliphatic heterocycles. The second kappa shape index (κ2) is 4.14. The Kier molecular flexibility index (Phi) is 3.14. The van der Waals surface area contributed by atoms with Gasteiger partial charge in [0.2, 0.25) is 5.91 Å². The van der Waals surface area contributed by atoms with Gasteiger partial charge in [-0.15, -0.1) is 0 Å². The summed E-state index contributed by atoms with van der Waals surface area (Å²) in [5, 5.41) is 3.18. The first-order valence-corrected chi connectivity index (χ1v) is 4.12. The summed E-state index contributed by atoms with van der Waals surface area (Å²) < 4.78 is 5.03. The van der Waals surface area contributed by atoms with E-state index in [9.17, 15) is 4.79 Å². The first-order valence-electron chi connectivity index (χ1n) is 3.74. The largest absolute Gasteiger partial charge is 0.495 e. The summed E-state index contributed by atoms with van der Waals surface area (Å²) in [6.07, 6.45) is 0. The van der Waals surface area contributed by atoms with Gasteiger partial charge in [0.25, 0.3) is 0 Å². The van der Waals surface area contributed by atoms with Crippen molar-refractivity contribution in [1.82, 2.24) is 0 Å². The summed E-state index contributed by atoms with van der Waals surface area (Å²) in [7, 11) is 1.54. The SMILES string of the molecule is COc1ccc(Cl)cc1NC(C)=O. The maximum absolute atomic E-state index is 10.8. The summed E-state index contributed by atoms with van der Waals surface area (Å²) in [6, 6.07) is 5.04. The van der Waals surface area contributed by atoms with E-state index in [1.807, 2.05) is 0 Å². The molecule has 4 heteroatoms. The predicted molar refractivity (Wildman–Crippen MR) is 52.3 cm³/mol. The number of amides is 1. The van der Waals surface area contributed by atoms with Gasteiger partial charge in [0.1, 0.15) is 5.75 Å². The number of ether oxygens (including phenoxy) is 1. The predicted octanol–water partition coefficient (Wildman–Crippen LogP) is 2.31. The highest BCUT2D eigenvalue weighted by atomic mass is 35.5. The number of methoxy groups -OCH3 is 1. The van der Waals surface area contributed by atoms with Crippen LogP contribution in [-0.4, -0.2) is 13.0 Å². The van der Waals surface area contributed by atoms with Crippen LogP contribution in [0.15, 0.2) is 18.2 Å². The number of hydrogen-bond acceptors (Lipinski definition) is 2. The van der Waals surface area contributed by atoms with Gasteiger partial charge in [-0.3, -0.25) is 4.79 Å². The normalized spacial score (nSPS) is 9.46. The molecule has 3 nitrogen and oxygen atoms in total. The fourth-order valence-corrected chi connectivity index (χ4v) is 1.14. The quantitative estimate of drug-likeness (QED) is 0.794. The Morgan fingerprint density at radius 1 is 1.54 bits per heavy atom. The van der Waals surface area contributed by atoms with Crippen molar-refractivity contribution in [2.24, 2.45) is 0 Å². The molecule has 1 N–H and O–H groups in total. The van der Waals surface area contributed by atoms with Gasteiger partial charge >= 0.3 is 0 Å². The van der Waals surface area contributed by atoms with Gasteiger partial charge in [0, 0.05) is 11.9 Å². The fourth-order valence-electron chi connectivity index (χ4n) is 0.968. The minimum atomic E-state index is -0.152. The van der Waals surface area contributed by atoms with E-state index < -0.39 is 0 Å². The van der Waals surface area contributed by atoms with Crippen LogP contribution in [0, 0.1) is 0 Å². The highest BCUT2D eigenvalue weighted by Crippen LogP contribution is 2.27. The van der Waals surface area contributed by atoms with Crippen LogP contribution in [0.25, 0.3) is 0 Å². The summed E-state index contributed by atoms with van der Waals surface area (Å²) in [6.45, 7) is 1.43. The lowest BCUT2D eigenvalue weighted by Crippen LogP contribution is -2.06. The van der Waals surface area contributed by atoms with Crippen molar-refractivity contribution in [1.29, 1.82) is 0 Å². The highest BCUT2D eigenvalue weighted by molar-refractivity contribution is 6.31.